The largest absolute Gasteiger partial charge is 0.326 e. The lowest BCUT2D eigenvalue weighted by Crippen LogP contribution is -2.28. The Kier molecular flexibility index (Phi) is 3.83. The molecule has 1 aliphatic rings. The minimum atomic E-state index is -0.696. The number of anilines is 1. The van der Waals surface area contributed by atoms with E-state index in [-0.39, 0.29) is 36.5 Å². The third-order valence-electron chi connectivity index (χ3n) is 2.31. The van der Waals surface area contributed by atoms with Crippen molar-refractivity contribution in [1.82, 2.24) is 0 Å². The van der Waals surface area contributed by atoms with Gasteiger partial charge in [-0.1, -0.05) is 0 Å². The summed E-state index contributed by atoms with van der Waals surface area (Å²) in [6.07, 6.45) is 0.220. The molecular formula is C10H11ClF2N2O. The predicted octanol–water partition coefficient (Wildman–Crippen LogP) is 1.45. The molecule has 1 heterocycles. The van der Waals surface area contributed by atoms with Crippen molar-refractivity contribution in [3.8, 4) is 0 Å². The van der Waals surface area contributed by atoms with Crippen LogP contribution in [0.2, 0.25) is 0 Å². The number of nitrogens with two attached hydrogens (primary N) is 1. The van der Waals surface area contributed by atoms with Crippen LogP contribution in [0.15, 0.2) is 18.2 Å². The van der Waals surface area contributed by atoms with Crippen molar-refractivity contribution >= 4 is 24.0 Å². The van der Waals surface area contributed by atoms with Gasteiger partial charge in [0.05, 0.1) is 0 Å². The van der Waals surface area contributed by atoms with E-state index in [2.05, 4.69) is 0 Å². The summed E-state index contributed by atoms with van der Waals surface area (Å²) in [5, 5.41) is 0. The van der Waals surface area contributed by atoms with Crippen LogP contribution in [0.5, 0.6) is 0 Å². The number of benzene rings is 1. The minimum Gasteiger partial charge on any atom is -0.326 e. The monoisotopic (exact) mass is 248 g/mol. The Morgan fingerprint density at radius 3 is 2.25 bits per heavy atom. The molecule has 1 saturated heterocycles. The predicted molar refractivity (Wildman–Crippen MR) is 58.6 cm³/mol. The molecule has 0 aromatic heterocycles. The van der Waals surface area contributed by atoms with Gasteiger partial charge in [-0.15, -0.1) is 12.4 Å². The second-order valence-electron chi connectivity index (χ2n) is 3.60. The van der Waals surface area contributed by atoms with E-state index >= 15 is 0 Å². The lowest BCUT2D eigenvalue weighted by atomic mass is 10.3. The molecule has 0 radical (unpaired) electrons. The lowest BCUT2D eigenvalue weighted by Gasteiger charge is -2.15. The van der Waals surface area contributed by atoms with Crippen molar-refractivity contribution in [2.24, 2.45) is 5.73 Å². The van der Waals surface area contributed by atoms with Crippen LogP contribution in [0, 0.1) is 11.6 Å². The maximum atomic E-state index is 12.9. The van der Waals surface area contributed by atoms with E-state index in [1.165, 1.54) is 4.90 Å². The summed E-state index contributed by atoms with van der Waals surface area (Å²) in [5.74, 6) is -1.59. The summed E-state index contributed by atoms with van der Waals surface area (Å²) in [6.45, 7) is 0.307. The summed E-state index contributed by atoms with van der Waals surface area (Å²) in [6, 6.07) is 2.76. The SMILES string of the molecule is Cl.NC1CC(=O)N(c2cc(F)cc(F)c2)C1. The van der Waals surface area contributed by atoms with Crippen molar-refractivity contribution in [2.75, 3.05) is 11.4 Å². The van der Waals surface area contributed by atoms with Crippen molar-refractivity contribution in [3.63, 3.8) is 0 Å². The van der Waals surface area contributed by atoms with E-state index in [1.54, 1.807) is 0 Å². The van der Waals surface area contributed by atoms with Gasteiger partial charge in [-0.05, 0) is 12.1 Å². The number of amides is 1. The van der Waals surface area contributed by atoms with Gasteiger partial charge in [0.15, 0.2) is 0 Å². The van der Waals surface area contributed by atoms with Gasteiger partial charge in [-0.2, -0.15) is 0 Å². The van der Waals surface area contributed by atoms with Crippen LogP contribution in [0.3, 0.4) is 0 Å². The maximum absolute atomic E-state index is 12.9. The first-order valence-electron chi connectivity index (χ1n) is 4.58. The number of carbonyl (C=O) groups is 1. The highest BCUT2D eigenvalue weighted by Crippen LogP contribution is 2.22. The highest BCUT2D eigenvalue weighted by atomic mass is 35.5. The van der Waals surface area contributed by atoms with Gasteiger partial charge in [0.2, 0.25) is 5.91 Å². The van der Waals surface area contributed by atoms with Crippen LogP contribution in [0.4, 0.5) is 14.5 Å². The fourth-order valence-electron chi connectivity index (χ4n) is 1.68. The van der Waals surface area contributed by atoms with Crippen molar-refractivity contribution in [3.05, 3.63) is 29.8 Å². The first-order chi connectivity index (χ1) is 7.06. The molecule has 1 amide bonds. The molecule has 1 fully saturated rings. The zero-order valence-corrected chi connectivity index (χ0v) is 9.14. The van der Waals surface area contributed by atoms with Crippen LogP contribution >= 0.6 is 12.4 Å². The molecule has 0 spiro atoms. The number of carbonyl (C=O) groups excluding carboxylic acids is 1. The van der Waals surface area contributed by atoms with Gasteiger partial charge < -0.3 is 10.6 Å². The third kappa shape index (κ3) is 2.48. The number of hydrogen-bond donors (Lipinski definition) is 1. The summed E-state index contributed by atoms with van der Waals surface area (Å²) < 4.78 is 25.8. The van der Waals surface area contributed by atoms with Gasteiger partial charge in [-0.3, -0.25) is 4.79 Å². The Morgan fingerprint density at radius 2 is 1.81 bits per heavy atom. The molecule has 1 aromatic rings. The third-order valence-corrected chi connectivity index (χ3v) is 2.31. The van der Waals surface area contributed by atoms with E-state index in [0.717, 1.165) is 18.2 Å². The summed E-state index contributed by atoms with van der Waals surface area (Å²) in [5.41, 5.74) is 5.81. The molecule has 16 heavy (non-hydrogen) atoms. The fraction of sp³-hybridized carbons (Fsp3) is 0.300. The Labute approximate surface area is 97.6 Å². The standard InChI is InChI=1S/C10H10F2N2O.ClH/c11-6-1-7(12)3-9(2-6)14-5-8(13)4-10(14)15;/h1-3,8H,4-5,13H2;1H. The average Bonchev–Trinajstić information content (AvgIpc) is 2.43. The van der Waals surface area contributed by atoms with E-state index in [0.29, 0.717) is 6.54 Å². The molecule has 0 aliphatic carbocycles. The normalized spacial score (nSPS) is 19.8. The van der Waals surface area contributed by atoms with E-state index in [9.17, 15) is 13.6 Å². The summed E-state index contributed by atoms with van der Waals surface area (Å²) >= 11 is 0. The van der Waals surface area contributed by atoms with E-state index in [1.807, 2.05) is 0 Å². The van der Waals surface area contributed by atoms with E-state index < -0.39 is 11.6 Å². The highest BCUT2D eigenvalue weighted by molar-refractivity contribution is 5.96. The van der Waals surface area contributed by atoms with E-state index in [4.69, 9.17) is 5.73 Å². The molecule has 1 atom stereocenters. The first-order valence-corrected chi connectivity index (χ1v) is 4.58. The fourth-order valence-corrected chi connectivity index (χ4v) is 1.68. The Morgan fingerprint density at radius 1 is 1.25 bits per heavy atom. The van der Waals surface area contributed by atoms with Gasteiger partial charge in [-0.25, -0.2) is 8.78 Å². The zero-order chi connectivity index (χ0) is 11.0. The van der Waals surface area contributed by atoms with Gasteiger partial charge in [0, 0.05) is 30.8 Å². The molecule has 88 valence electrons. The van der Waals surface area contributed by atoms with Crippen LogP contribution in [-0.4, -0.2) is 18.5 Å². The first kappa shape index (κ1) is 12.9. The zero-order valence-electron chi connectivity index (χ0n) is 8.32. The molecule has 3 nitrogen and oxygen atoms in total. The molecule has 6 heteroatoms. The molecule has 0 saturated carbocycles. The van der Waals surface area contributed by atoms with Crippen LogP contribution in [0.1, 0.15) is 6.42 Å². The number of nitrogens with zero attached hydrogens (tertiary/aromatic N) is 1. The Hall–Kier alpha value is -1.20. The number of rotatable bonds is 1. The molecule has 2 N–H and O–H groups in total. The highest BCUT2D eigenvalue weighted by Gasteiger charge is 2.28. The molecule has 1 aromatic carbocycles. The summed E-state index contributed by atoms with van der Waals surface area (Å²) in [7, 11) is 0. The summed E-state index contributed by atoms with van der Waals surface area (Å²) in [4.78, 5) is 12.7. The topological polar surface area (TPSA) is 46.3 Å². The van der Waals surface area contributed by atoms with Gasteiger partial charge in [0.1, 0.15) is 11.6 Å². The molecule has 2 rings (SSSR count). The Bertz CT molecular complexity index is 394. The second-order valence-corrected chi connectivity index (χ2v) is 3.60. The molecule has 1 unspecified atom stereocenters. The van der Waals surface area contributed by atoms with Gasteiger partial charge in [0.25, 0.3) is 0 Å². The maximum Gasteiger partial charge on any atom is 0.228 e. The van der Waals surface area contributed by atoms with Crippen LogP contribution < -0.4 is 10.6 Å². The smallest absolute Gasteiger partial charge is 0.228 e. The Balaban J connectivity index is 0.00000128. The number of hydrogen-bond acceptors (Lipinski definition) is 2. The quantitative estimate of drug-likeness (QED) is 0.818. The van der Waals surface area contributed by atoms with Crippen molar-refractivity contribution < 1.29 is 13.6 Å². The van der Waals surface area contributed by atoms with Crippen molar-refractivity contribution in [2.45, 2.75) is 12.5 Å². The number of halogens is 3. The average molecular weight is 249 g/mol. The van der Waals surface area contributed by atoms with Crippen LogP contribution in [0.25, 0.3) is 0 Å². The van der Waals surface area contributed by atoms with Crippen LogP contribution in [-0.2, 0) is 4.79 Å². The van der Waals surface area contributed by atoms with Gasteiger partial charge >= 0.3 is 0 Å². The molecular weight excluding hydrogens is 238 g/mol. The molecule has 0 bridgehead atoms. The van der Waals surface area contributed by atoms with Crippen molar-refractivity contribution in [1.29, 1.82) is 0 Å². The second kappa shape index (κ2) is 4.76. The molecule has 1 aliphatic heterocycles. The lowest BCUT2D eigenvalue weighted by molar-refractivity contribution is -0.117. The minimum absolute atomic E-state index is 0.